The summed E-state index contributed by atoms with van der Waals surface area (Å²) in [7, 11) is 1.77. The molecule has 4 rings (SSSR count). The van der Waals surface area contributed by atoms with E-state index in [1.807, 2.05) is 0 Å². The van der Waals surface area contributed by atoms with E-state index < -0.39 is 0 Å². The molecule has 1 aliphatic heterocycles. The SMILES string of the molecule is COc1cc(C(C)C)ccc1C1NCCc2c1[nH]c1cc(C)cc(C)c21. The Labute approximate surface area is 155 Å². The number of hydrogen-bond donors (Lipinski definition) is 2. The summed E-state index contributed by atoms with van der Waals surface area (Å²) in [4.78, 5) is 3.72. The van der Waals surface area contributed by atoms with Crippen LogP contribution in [0, 0.1) is 13.8 Å². The highest BCUT2D eigenvalue weighted by Crippen LogP contribution is 2.39. The summed E-state index contributed by atoms with van der Waals surface area (Å²) >= 11 is 0. The van der Waals surface area contributed by atoms with Crippen LogP contribution in [0.25, 0.3) is 10.9 Å². The summed E-state index contributed by atoms with van der Waals surface area (Å²) in [5.41, 5.74) is 9.17. The monoisotopic (exact) mass is 348 g/mol. The molecule has 3 heteroatoms. The van der Waals surface area contributed by atoms with E-state index in [2.05, 4.69) is 68.3 Å². The number of hydrogen-bond acceptors (Lipinski definition) is 2. The van der Waals surface area contributed by atoms with Crippen LogP contribution in [-0.2, 0) is 6.42 Å². The molecule has 0 radical (unpaired) electrons. The van der Waals surface area contributed by atoms with E-state index in [1.165, 1.54) is 44.4 Å². The third-order valence-corrected chi connectivity index (χ3v) is 5.62. The molecule has 1 unspecified atom stereocenters. The zero-order valence-corrected chi connectivity index (χ0v) is 16.4. The van der Waals surface area contributed by atoms with Gasteiger partial charge in [0.1, 0.15) is 5.75 Å². The number of methoxy groups -OCH3 is 1. The normalized spacial score (nSPS) is 16.9. The summed E-state index contributed by atoms with van der Waals surface area (Å²) in [6, 6.07) is 11.3. The Hall–Kier alpha value is -2.26. The Morgan fingerprint density at radius 3 is 2.65 bits per heavy atom. The van der Waals surface area contributed by atoms with Gasteiger partial charge in [0.25, 0.3) is 0 Å². The minimum atomic E-state index is 0.141. The molecule has 136 valence electrons. The van der Waals surface area contributed by atoms with Crippen molar-refractivity contribution in [1.82, 2.24) is 10.3 Å². The first-order valence-corrected chi connectivity index (χ1v) is 9.52. The van der Waals surface area contributed by atoms with Gasteiger partial charge in [0.2, 0.25) is 0 Å². The Morgan fingerprint density at radius 2 is 1.92 bits per heavy atom. The van der Waals surface area contributed by atoms with Gasteiger partial charge >= 0.3 is 0 Å². The van der Waals surface area contributed by atoms with Crippen molar-refractivity contribution in [1.29, 1.82) is 0 Å². The van der Waals surface area contributed by atoms with E-state index in [-0.39, 0.29) is 6.04 Å². The molecular formula is C23H28N2O. The molecule has 3 nitrogen and oxygen atoms in total. The second-order valence-electron chi connectivity index (χ2n) is 7.81. The van der Waals surface area contributed by atoms with Crippen LogP contribution >= 0.6 is 0 Å². The summed E-state index contributed by atoms with van der Waals surface area (Å²) in [5.74, 6) is 1.46. The second-order valence-corrected chi connectivity index (χ2v) is 7.81. The topological polar surface area (TPSA) is 37.0 Å². The molecule has 0 fully saturated rings. The molecule has 2 N–H and O–H groups in total. The molecule has 2 heterocycles. The van der Waals surface area contributed by atoms with E-state index >= 15 is 0 Å². The number of aryl methyl sites for hydroxylation is 2. The van der Waals surface area contributed by atoms with E-state index in [0.29, 0.717) is 5.92 Å². The van der Waals surface area contributed by atoms with Crippen molar-refractivity contribution >= 4 is 10.9 Å². The van der Waals surface area contributed by atoms with Gasteiger partial charge in [-0.05, 0) is 60.6 Å². The van der Waals surface area contributed by atoms with Crippen LogP contribution in [0.1, 0.15) is 59.3 Å². The van der Waals surface area contributed by atoms with Crippen LogP contribution < -0.4 is 10.1 Å². The number of aromatic nitrogens is 1. The van der Waals surface area contributed by atoms with Crippen LogP contribution in [0.15, 0.2) is 30.3 Å². The minimum Gasteiger partial charge on any atom is -0.496 e. The number of benzene rings is 2. The second kappa shape index (κ2) is 6.48. The van der Waals surface area contributed by atoms with E-state index in [0.717, 1.165) is 18.7 Å². The van der Waals surface area contributed by atoms with Gasteiger partial charge < -0.3 is 15.0 Å². The van der Waals surface area contributed by atoms with Crippen LogP contribution in [0.3, 0.4) is 0 Å². The number of ether oxygens (including phenoxy) is 1. The highest BCUT2D eigenvalue weighted by Gasteiger charge is 2.28. The van der Waals surface area contributed by atoms with Gasteiger partial charge in [-0.1, -0.05) is 32.0 Å². The van der Waals surface area contributed by atoms with Crippen molar-refractivity contribution in [2.24, 2.45) is 0 Å². The minimum absolute atomic E-state index is 0.141. The maximum absolute atomic E-state index is 5.77. The van der Waals surface area contributed by atoms with Crippen molar-refractivity contribution < 1.29 is 4.74 Å². The molecule has 1 aromatic heterocycles. The fourth-order valence-corrected chi connectivity index (χ4v) is 4.36. The van der Waals surface area contributed by atoms with Crippen LogP contribution in [0.4, 0.5) is 0 Å². The van der Waals surface area contributed by atoms with Gasteiger partial charge in [-0.3, -0.25) is 0 Å². The lowest BCUT2D eigenvalue weighted by atomic mass is 9.91. The molecule has 0 aliphatic carbocycles. The van der Waals surface area contributed by atoms with Crippen molar-refractivity contribution in [2.45, 2.75) is 46.1 Å². The van der Waals surface area contributed by atoms with Crippen molar-refractivity contribution in [3.63, 3.8) is 0 Å². The summed E-state index contributed by atoms with van der Waals surface area (Å²) < 4.78 is 5.77. The maximum Gasteiger partial charge on any atom is 0.124 e. The lowest BCUT2D eigenvalue weighted by Gasteiger charge is -2.27. The van der Waals surface area contributed by atoms with Gasteiger partial charge in [0.05, 0.1) is 13.2 Å². The summed E-state index contributed by atoms with van der Waals surface area (Å²) in [6.07, 6.45) is 1.06. The Kier molecular flexibility index (Phi) is 4.28. The van der Waals surface area contributed by atoms with Crippen LogP contribution in [-0.4, -0.2) is 18.6 Å². The fraction of sp³-hybridized carbons (Fsp3) is 0.391. The van der Waals surface area contributed by atoms with Gasteiger partial charge in [0, 0.05) is 28.7 Å². The number of nitrogens with one attached hydrogen (secondary N) is 2. The van der Waals surface area contributed by atoms with Gasteiger partial charge in [0.15, 0.2) is 0 Å². The average molecular weight is 348 g/mol. The van der Waals surface area contributed by atoms with E-state index in [1.54, 1.807) is 7.11 Å². The Bertz CT molecular complexity index is 968. The standard InChI is InChI=1S/C23H28N2O/c1-13(2)16-6-7-17(20(12-16)26-5)22-23-18(8-9-24-22)21-15(4)10-14(3)11-19(21)25-23/h6-7,10-13,22,24-25H,8-9H2,1-5H3. The number of rotatable bonds is 3. The Balaban J connectivity index is 1.88. The predicted octanol–water partition coefficient (Wildman–Crippen LogP) is 5.15. The zero-order valence-electron chi connectivity index (χ0n) is 16.4. The van der Waals surface area contributed by atoms with Crippen molar-refractivity contribution in [2.75, 3.05) is 13.7 Å². The van der Waals surface area contributed by atoms with Gasteiger partial charge in [-0.15, -0.1) is 0 Å². The predicted molar refractivity (Wildman–Crippen MR) is 108 cm³/mol. The Morgan fingerprint density at radius 1 is 1.12 bits per heavy atom. The molecule has 1 atom stereocenters. The number of H-pyrrole nitrogens is 1. The zero-order chi connectivity index (χ0) is 18.4. The third-order valence-electron chi connectivity index (χ3n) is 5.62. The molecular weight excluding hydrogens is 320 g/mol. The molecule has 0 spiro atoms. The first-order valence-electron chi connectivity index (χ1n) is 9.52. The smallest absolute Gasteiger partial charge is 0.124 e. The number of aromatic amines is 1. The molecule has 0 amide bonds. The first kappa shape index (κ1) is 17.2. The van der Waals surface area contributed by atoms with Crippen molar-refractivity contribution in [3.05, 3.63) is 63.8 Å². The lowest BCUT2D eigenvalue weighted by molar-refractivity contribution is 0.401. The molecule has 0 saturated heterocycles. The molecule has 26 heavy (non-hydrogen) atoms. The van der Waals surface area contributed by atoms with Gasteiger partial charge in [-0.25, -0.2) is 0 Å². The molecule has 0 saturated carbocycles. The van der Waals surface area contributed by atoms with Crippen molar-refractivity contribution in [3.8, 4) is 5.75 Å². The number of fused-ring (bicyclic) bond motifs is 3. The van der Waals surface area contributed by atoms with E-state index in [9.17, 15) is 0 Å². The molecule has 1 aliphatic rings. The largest absolute Gasteiger partial charge is 0.496 e. The molecule has 2 aromatic carbocycles. The summed E-state index contributed by atoms with van der Waals surface area (Å²) in [5, 5.41) is 5.10. The first-order chi connectivity index (χ1) is 12.5. The average Bonchev–Trinajstić information content (AvgIpc) is 2.99. The fourth-order valence-electron chi connectivity index (χ4n) is 4.36. The van der Waals surface area contributed by atoms with Gasteiger partial charge in [-0.2, -0.15) is 0 Å². The molecule has 3 aromatic rings. The van der Waals surface area contributed by atoms with Crippen LogP contribution in [0.5, 0.6) is 5.75 Å². The highest BCUT2D eigenvalue weighted by molar-refractivity contribution is 5.89. The highest BCUT2D eigenvalue weighted by atomic mass is 16.5. The molecule has 0 bridgehead atoms. The lowest BCUT2D eigenvalue weighted by Crippen LogP contribution is -2.30. The maximum atomic E-state index is 5.77. The van der Waals surface area contributed by atoms with Crippen LogP contribution in [0.2, 0.25) is 0 Å². The third kappa shape index (κ3) is 2.71. The quantitative estimate of drug-likeness (QED) is 0.687. The van der Waals surface area contributed by atoms with E-state index in [4.69, 9.17) is 4.74 Å². The summed E-state index contributed by atoms with van der Waals surface area (Å²) in [6.45, 7) is 9.80.